The van der Waals surface area contributed by atoms with Crippen LogP contribution in [0.3, 0.4) is 0 Å². The number of fused-ring (bicyclic) bond motifs is 1. The molecule has 0 spiro atoms. The maximum absolute atomic E-state index is 11.8. The molecule has 0 saturated carbocycles. The number of amides is 1. The number of rotatable bonds is 5. The Morgan fingerprint density at radius 2 is 2.35 bits per heavy atom. The number of alkyl halides is 1. The van der Waals surface area contributed by atoms with E-state index in [0.717, 1.165) is 11.3 Å². The molecule has 0 aliphatic heterocycles. The topological polar surface area (TPSA) is 70.7 Å². The van der Waals surface area contributed by atoms with Crippen molar-refractivity contribution < 1.29 is 4.79 Å². The van der Waals surface area contributed by atoms with E-state index in [0.29, 0.717) is 29.9 Å². The van der Waals surface area contributed by atoms with Gasteiger partial charge in [-0.05, 0) is 19.1 Å². The fourth-order valence-electron chi connectivity index (χ4n) is 2.13. The molecule has 1 N–H and O–H groups in total. The summed E-state index contributed by atoms with van der Waals surface area (Å²) in [7, 11) is 0. The molecule has 5 nitrogen and oxygen atoms in total. The molecule has 6 heteroatoms. The van der Waals surface area contributed by atoms with E-state index in [4.69, 9.17) is 16.9 Å². The van der Waals surface area contributed by atoms with Gasteiger partial charge in [-0.3, -0.25) is 4.79 Å². The van der Waals surface area contributed by atoms with E-state index in [1.807, 2.05) is 17.6 Å². The highest BCUT2D eigenvalue weighted by atomic mass is 35.5. The molecule has 1 aromatic heterocycles. The quantitative estimate of drug-likeness (QED) is 0.854. The average molecular weight is 291 g/mol. The third-order valence-electron chi connectivity index (χ3n) is 2.97. The van der Waals surface area contributed by atoms with Crippen LogP contribution in [0, 0.1) is 11.3 Å². The predicted molar refractivity (Wildman–Crippen MR) is 77.6 cm³/mol. The third kappa shape index (κ3) is 2.75. The monoisotopic (exact) mass is 290 g/mol. The van der Waals surface area contributed by atoms with Crippen LogP contribution in [-0.4, -0.2) is 27.9 Å². The van der Waals surface area contributed by atoms with Crippen LogP contribution < -0.4 is 5.32 Å². The number of hydrogen-bond acceptors (Lipinski definition) is 3. The minimum Gasteiger partial charge on any atom is -0.355 e. The van der Waals surface area contributed by atoms with Gasteiger partial charge in [0.2, 0.25) is 5.91 Å². The Balaban J connectivity index is 2.52. The molecule has 1 amide bonds. The highest BCUT2D eigenvalue weighted by Gasteiger charge is 2.15. The number of benzene rings is 1. The molecule has 1 heterocycles. The van der Waals surface area contributed by atoms with Gasteiger partial charge in [0, 0.05) is 18.8 Å². The van der Waals surface area contributed by atoms with Gasteiger partial charge in [0.15, 0.2) is 0 Å². The molecule has 1 aromatic carbocycles. The third-order valence-corrected chi connectivity index (χ3v) is 3.16. The van der Waals surface area contributed by atoms with Gasteiger partial charge in [0.1, 0.15) is 24.0 Å². The van der Waals surface area contributed by atoms with Gasteiger partial charge < -0.3 is 9.88 Å². The minimum atomic E-state index is -0.0787. The van der Waals surface area contributed by atoms with E-state index >= 15 is 0 Å². The number of nitrogens with zero attached hydrogens (tertiary/aromatic N) is 3. The van der Waals surface area contributed by atoms with Crippen molar-refractivity contribution in [2.24, 2.45) is 0 Å². The Morgan fingerprint density at radius 1 is 1.55 bits per heavy atom. The van der Waals surface area contributed by atoms with Crippen LogP contribution >= 0.6 is 11.6 Å². The number of halogens is 1. The normalized spacial score (nSPS) is 10.4. The van der Waals surface area contributed by atoms with Gasteiger partial charge in [-0.15, -0.1) is 11.6 Å². The first-order valence-corrected chi connectivity index (χ1v) is 6.95. The molecule has 0 bridgehead atoms. The van der Waals surface area contributed by atoms with Gasteiger partial charge in [-0.1, -0.05) is 6.07 Å². The van der Waals surface area contributed by atoms with Crippen molar-refractivity contribution in [2.45, 2.75) is 19.9 Å². The zero-order valence-electron chi connectivity index (χ0n) is 11.2. The number of carbonyl (C=O) groups excluding carboxylic acids is 1. The molecule has 0 unspecified atom stereocenters. The van der Waals surface area contributed by atoms with E-state index in [2.05, 4.69) is 16.4 Å². The second kappa shape index (κ2) is 6.40. The fourth-order valence-corrected chi connectivity index (χ4v) is 2.30. The van der Waals surface area contributed by atoms with Gasteiger partial charge in [-0.25, -0.2) is 4.98 Å². The lowest BCUT2D eigenvalue weighted by Gasteiger charge is -2.08. The Morgan fingerprint density at radius 3 is 3.00 bits per heavy atom. The first kappa shape index (κ1) is 14.4. The molecule has 0 fully saturated rings. The molecule has 0 atom stereocenters. The number of carbonyl (C=O) groups is 1. The molecule has 0 radical (unpaired) electrons. The first-order chi connectivity index (χ1) is 9.71. The standard InChI is InChI=1S/C14H15ClN4O/c1-2-17-13(20)9-19-11-5-3-4-10(8-16)14(11)18-12(19)6-7-15/h3-5H,2,6-7,9H2,1H3,(H,17,20). The molecular formula is C14H15ClN4O. The molecule has 2 aromatic rings. The maximum Gasteiger partial charge on any atom is 0.239 e. The second-order valence-corrected chi connectivity index (χ2v) is 4.67. The highest BCUT2D eigenvalue weighted by Crippen LogP contribution is 2.20. The van der Waals surface area contributed by atoms with Crippen LogP contribution in [0.2, 0.25) is 0 Å². The number of aromatic nitrogens is 2. The predicted octanol–water partition coefficient (Wildman–Crippen LogP) is 1.83. The largest absolute Gasteiger partial charge is 0.355 e. The summed E-state index contributed by atoms with van der Waals surface area (Å²) in [6.45, 7) is 2.64. The summed E-state index contributed by atoms with van der Waals surface area (Å²) in [5, 5.41) is 11.9. The van der Waals surface area contributed by atoms with E-state index in [1.54, 1.807) is 12.1 Å². The van der Waals surface area contributed by atoms with Crippen LogP contribution in [0.5, 0.6) is 0 Å². The van der Waals surface area contributed by atoms with Crippen molar-refractivity contribution in [3.05, 3.63) is 29.6 Å². The number of likely N-dealkylation sites (N-methyl/N-ethyl adjacent to an activating group) is 1. The average Bonchev–Trinajstić information content (AvgIpc) is 2.77. The smallest absolute Gasteiger partial charge is 0.239 e. The van der Waals surface area contributed by atoms with Crippen molar-refractivity contribution >= 4 is 28.5 Å². The van der Waals surface area contributed by atoms with Crippen LogP contribution in [0.4, 0.5) is 0 Å². The van der Waals surface area contributed by atoms with E-state index < -0.39 is 0 Å². The lowest BCUT2D eigenvalue weighted by Crippen LogP contribution is -2.27. The van der Waals surface area contributed by atoms with Crippen molar-refractivity contribution in [1.29, 1.82) is 5.26 Å². The fraction of sp³-hybridized carbons (Fsp3) is 0.357. The van der Waals surface area contributed by atoms with Crippen molar-refractivity contribution in [3.8, 4) is 6.07 Å². The van der Waals surface area contributed by atoms with Crippen LogP contribution in [0.15, 0.2) is 18.2 Å². The maximum atomic E-state index is 11.8. The number of hydrogen-bond donors (Lipinski definition) is 1. The van der Waals surface area contributed by atoms with Crippen molar-refractivity contribution in [3.63, 3.8) is 0 Å². The Labute approximate surface area is 122 Å². The molecule has 20 heavy (non-hydrogen) atoms. The number of nitrogens with one attached hydrogen (secondary N) is 1. The summed E-state index contributed by atoms with van der Waals surface area (Å²) < 4.78 is 1.82. The number of para-hydroxylation sites is 1. The SMILES string of the molecule is CCNC(=O)Cn1c(CCCl)nc2c(C#N)cccc21. The Kier molecular flexibility index (Phi) is 4.59. The summed E-state index contributed by atoms with van der Waals surface area (Å²) in [5.41, 5.74) is 1.92. The van der Waals surface area contributed by atoms with Gasteiger partial charge >= 0.3 is 0 Å². The molecule has 2 rings (SSSR count). The summed E-state index contributed by atoms with van der Waals surface area (Å²) in [4.78, 5) is 16.3. The lowest BCUT2D eigenvalue weighted by atomic mass is 10.2. The minimum absolute atomic E-state index is 0.0787. The summed E-state index contributed by atoms with van der Waals surface area (Å²) in [5.74, 6) is 1.06. The van der Waals surface area contributed by atoms with Crippen LogP contribution in [0.25, 0.3) is 11.0 Å². The molecule has 0 aliphatic rings. The molecule has 0 saturated heterocycles. The molecule has 104 valence electrons. The van der Waals surface area contributed by atoms with E-state index in [9.17, 15) is 4.79 Å². The number of nitriles is 1. The first-order valence-electron chi connectivity index (χ1n) is 6.42. The zero-order chi connectivity index (χ0) is 14.5. The Hall–Kier alpha value is -2.06. The number of imidazole rings is 1. The summed E-state index contributed by atoms with van der Waals surface area (Å²) in [6, 6.07) is 7.49. The lowest BCUT2D eigenvalue weighted by molar-refractivity contribution is -0.121. The Bertz CT molecular complexity index is 672. The summed E-state index contributed by atoms with van der Waals surface area (Å²) >= 11 is 5.79. The van der Waals surface area contributed by atoms with E-state index in [-0.39, 0.29) is 12.5 Å². The zero-order valence-corrected chi connectivity index (χ0v) is 11.9. The summed E-state index contributed by atoms with van der Waals surface area (Å²) in [6.07, 6.45) is 0.556. The second-order valence-electron chi connectivity index (χ2n) is 4.29. The molecular weight excluding hydrogens is 276 g/mol. The number of aryl methyl sites for hydroxylation is 1. The molecule has 0 aliphatic carbocycles. The van der Waals surface area contributed by atoms with Crippen LogP contribution in [0.1, 0.15) is 18.3 Å². The van der Waals surface area contributed by atoms with Gasteiger partial charge in [0.25, 0.3) is 0 Å². The van der Waals surface area contributed by atoms with Crippen LogP contribution in [-0.2, 0) is 17.8 Å². The van der Waals surface area contributed by atoms with Gasteiger partial charge in [-0.2, -0.15) is 5.26 Å². The van der Waals surface area contributed by atoms with Gasteiger partial charge in [0.05, 0.1) is 11.1 Å². The van der Waals surface area contributed by atoms with Crippen molar-refractivity contribution in [1.82, 2.24) is 14.9 Å². The highest BCUT2D eigenvalue weighted by molar-refractivity contribution is 6.17. The van der Waals surface area contributed by atoms with Crippen molar-refractivity contribution in [2.75, 3.05) is 12.4 Å². The van der Waals surface area contributed by atoms with E-state index in [1.165, 1.54) is 0 Å².